The molecule has 1 saturated heterocycles. The molecule has 6 heteroatoms. The second kappa shape index (κ2) is 5.95. The molecule has 3 atom stereocenters. The average molecular weight is 328 g/mol. The first kappa shape index (κ1) is 15.7. The lowest BCUT2D eigenvalue weighted by molar-refractivity contribution is -0.0987. The second-order valence-corrected chi connectivity index (χ2v) is 7.09. The van der Waals surface area contributed by atoms with Crippen molar-refractivity contribution in [1.82, 2.24) is 20.3 Å². The molecule has 24 heavy (non-hydrogen) atoms. The van der Waals surface area contributed by atoms with Crippen LogP contribution in [0, 0.1) is 0 Å². The Morgan fingerprint density at radius 3 is 3.04 bits per heavy atom. The molecule has 128 valence electrons. The lowest BCUT2D eigenvalue weighted by Gasteiger charge is -2.47. The molecule has 1 aromatic heterocycles. The molecule has 6 nitrogen and oxygen atoms in total. The number of rotatable bonds is 2. The summed E-state index contributed by atoms with van der Waals surface area (Å²) in [6.07, 6.45) is 4.67. The minimum absolute atomic E-state index is 0.0846. The van der Waals surface area contributed by atoms with E-state index in [1.165, 1.54) is 11.1 Å². The van der Waals surface area contributed by atoms with E-state index in [9.17, 15) is 5.11 Å². The lowest BCUT2D eigenvalue weighted by Crippen LogP contribution is -2.50. The maximum atomic E-state index is 9.42. The number of benzene rings is 1. The molecule has 2 aliphatic rings. The van der Waals surface area contributed by atoms with E-state index >= 15 is 0 Å². The molecule has 0 saturated carbocycles. The molecule has 0 radical (unpaired) electrons. The summed E-state index contributed by atoms with van der Waals surface area (Å²) in [6.45, 7) is 3.01. The Morgan fingerprint density at radius 1 is 1.42 bits per heavy atom. The maximum Gasteiger partial charge on any atom is 0.0997 e. The molecule has 2 aliphatic heterocycles. The number of nitrogens with zero attached hydrogens (tertiary/aromatic N) is 3. The summed E-state index contributed by atoms with van der Waals surface area (Å²) >= 11 is 0. The molecule has 1 fully saturated rings. The molecule has 2 N–H and O–H groups in total. The van der Waals surface area contributed by atoms with Gasteiger partial charge in [-0.3, -0.25) is 4.68 Å². The topological polar surface area (TPSA) is 72.2 Å². The zero-order valence-electron chi connectivity index (χ0n) is 14.2. The van der Waals surface area contributed by atoms with Gasteiger partial charge in [0.1, 0.15) is 0 Å². The van der Waals surface area contributed by atoms with E-state index in [1.807, 2.05) is 19.3 Å². The molecule has 0 bridgehead atoms. The van der Waals surface area contributed by atoms with E-state index in [2.05, 4.69) is 34.7 Å². The number of aliphatic hydroxyl groups is 1. The smallest absolute Gasteiger partial charge is 0.0997 e. The average Bonchev–Trinajstić information content (AvgIpc) is 3.01. The molecule has 0 unspecified atom stereocenters. The van der Waals surface area contributed by atoms with Crippen molar-refractivity contribution in [2.45, 2.75) is 50.5 Å². The van der Waals surface area contributed by atoms with Crippen LogP contribution >= 0.6 is 0 Å². The summed E-state index contributed by atoms with van der Waals surface area (Å²) in [6, 6.07) is 6.74. The van der Waals surface area contributed by atoms with Crippen LogP contribution in [-0.2, 0) is 30.4 Å². The molecule has 2 aromatic rings. The van der Waals surface area contributed by atoms with Crippen LogP contribution in [0.15, 0.2) is 24.4 Å². The summed E-state index contributed by atoms with van der Waals surface area (Å²) in [5.74, 6) is 0. The minimum Gasteiger partial charge on any atom is -0.392 e. The summed E-state index contributed by atoms with van der Waals surface area (Å²) in [5.41, 5.74) is 4.23. The van der Waals surface area contributed by atoms with E-state index in [-0.39, 0.29) is 18.2 Å². The van der Waals surface area contributed by atoms with Gasteiger partial charge >= 0.3 is 0 Å². The lowest BCUT2D eigenvalue weighted by atomic mass is 9.74. The van der Waals surface area contributed by atoms with Crippen molar-refractivity contribution in [2.75, 3.05) is 6.61 Å². The molecule has 0 amide bonds. The van der Waals surface area contributed by atoms with Crippen molar-refractivity contribution in [3.05, 3.63) is 46.8 Å². The third-order valence-corrected chi connectivity index (χ3v) is 5.23. The number of nitrogens with one attached hydrogen (secondary N) is 1. The quantitative estimate of drug-likeness (QED) is 0.876. The van der Waals surface area contributed by atoms with Gasteiger partial charge < -0.3 is 15.2 Å². The number of piperidine rings is 1. The van der Waals surface area contributed by atoms with Gasteiger partial charge in [-0.15, -0.1) is 5.10 Å². The van der Waals surface area contributed by atoms with E-state index in [0.717, 1.165) is 37.1 Å². The fourth-order valence-corrected chi connectivity index (χ4v) is 4.25. The van der Waals surface area contributed by atoms with E-state index in [0.29, 0.717) is 6.04 Å². The number of ether oxygens (including phenoxy) is 1. The van der Waals surface area contributed by atoms with Crippen molar-refractivity contribution in [1.29, 1.82) is 0 Å². The van der Waals surface area contributed by atoms with E-state index < -0.39 is 0 Å². The number of fused-ring (bicyclic) bond motifs is 2. The fourth-order valence-electron chi connectivity index (χ4n) is 4.25. The Kier molecular flexibility index (Phi) is 3.90. The van der Waals surface area contributed by atoms with Gasteiger partial charge in [0.15, 0.2) is 0 Å². The maximum absolute atomic E-state index is 9.42. The van der Waals surface area contributed by atoms with Gasteiger partial charge in [0.05, 0.1) is 30.6 Å². The fraction of sp³-hybridized carbons (Fsp3) is 0.556. The van der Waals surface area contributed by atoms with Crippen LogP contribution in [0.3, 0.4) is 0 Å². The Hall–Kier alpha value is -1.76. The van der Waals surface area contributed by atoms with Gasteiger partial charge in [0, 0.05) is 25.7 Å². The van der Waals surface area contributed by atoms with Gasteiger partial charge in [-0.2, -0.15) is 0 Å². The molecule has 3 heterocycles. The second-order valence-electron chi connectivity index (χ2n) is 7.09. The highest BCUT2D eigenvalue weighted by Gasteiger charge is 2.45. The van der Waals surface area contributed by atoms with Crippen molar-refractivity contribution < 1.29 is 9.84 Å². The third kappa shape index (κ3) is 2.64. The van der Waals surface area contributed by atoms with Gasteiger partial charge in [0.25, 0.3) is 0 Å². The van der Waals surface area contributed by atoms with Crippen LogP contribution in [0.4, 0.5) is 0 Å². The molecule has 1 aromatic carbocycles. The van der Waals surface area contributed by atoms with Crippen LogP contribution in [-0.4, -0.2) is 32.7 Å². The first-order chi connectivity index (χ1) is 11.6. The van der Waals surface area contributed by atoms with Crippen molar-refractivity contribution >= 4 is 0 Å². The first-order valence-corrected chi connectivity index (χ1v) is 8.59. The van der Waals surface area contributed by atoms with Crippen LogP contribution in [0.2, 0.25) is 0 Å². The van der Waals surface area contributed by atoms with Crippen molar-refractivity contribution in [3.8, 4) is 0 Å². The molecule has 1 spiro atoms. The standard InChI is InChI=1S/C18H24N4O2/c1-12-8-18(9-16(19-12)17-10-22(2)21-20-17)15-4-3-13(11-23)7-14(15)5-6-24-18/h3-4,7,10,12,16,19,23H,5-6,8-9,11H2,1-2H3/t12-,16-,18-/m0/s1. The largest absolute Gasteiger partial charge is 0.392 e. The van der Waals surface area contributed by atoms with Gasteiger partial charge in [-0.05, 0) is 36.5 Å². The van der Waals surface area contributed by atoms with Crippen LogP contribution in [0.1, 0.15) is 48.2 Å². The van der Waals surface area contributed by atoms with Gasteiger partial charge in [0.2, 0.25) is 0 Å². The zero-order valence-corrected chi connectivity index (χ0v) is 14.2. The predicted molar refractivity (Wildman–Crippen MR) is 89.3 cm³/mol. The van der Waals surface area contributed by atoms with Gasteiger partial charge in [-0.1, -0.05) is 23.4 Å². The van der Waals surface area contributed by atoms with E-state index in [4.69, 9.17) is 4.74 Å². The first-order valence-electron chi connectivity index (χ1n) is 8.59. The summed E-state index contributed by atoms with van der Waals surface area (Å²) in [7, 11) is 1.89. The van der Waals surface area contributed by atoms with Crippen molar-refractivity contribution in [2.24, 2.45) is 7.05 Å². The summed E-state index contributed by atoms with van der Waals surface area (Å²) in [4.78, 5) is 0. The van der Waals surface area contributed by atoms with Crippen LogP contribution in [0.5, 0.6) is 0 Å². The molecular formula is C18H24N4O2. The Labute approximate surface area is 141 Å². The highest BCUT2D eigenvalue weighted by atomic mass is 16.5. The number of hydrogen-bond donors (Lipinski definition) is 2. The highest BCUT2D eigenvalue weighted by molar-refractivity contribution is 5.39. The Bertz CT molecular complexity index is 744. The number of hydrogen-bond acceptors (Lipinski definition) is 5. The van der Waals surface area contributed by atoms with Crippen molar-refractivity contribution in [3.63, 3.8) is 0 Å². The number of aromatic nitrogens is 3. The number of aryl methyl sites for hydroxylation is 1. The highest BCUT2D eigenvalue weighted by Crippen LogP contribution is 2.46. The molecular weight excluding hydrogens is 304 g/mol. The SMILES string of the molecule is C[C@H]1C[C@@]2(C[C@@H](c3cn(C)nn3)N1)OCCc1cc(CO)ccc12. The number of aliphatic hydroxyl groups excluding tert-OH is 1. The molecule has 0 aliphatic carbocycles. The molecule has 4 rings (SSSR count). The normalized spacial score (nSPS) is 29.6. The minimum atomic E-state index is -0.283. The monoisotopic (exact) mass is 328 g/mol. The van der Waals surface area contributed by atoms with Crippen LogP contribution < -0.4 is 5.32 Å². The zero-order chi connectivity index (χ0) is 16.7. The summed E-state index contributed by atoms with van der Waals surface area (Å²) < 4.78 is 8.12. The Morgan fingerprint density at radius 2 is 2.29 bits per heavy atom. The third-order valence-electron chi connectivity index (χ3n) is 5.23. The van der Waals surface area contributed by atoms with E-state index in [1.54, 1.807) is 4.68 Å². The van der Waals surface area contributed by atoms with Crippen LogP contribution in [0.25, 0.3) is 0 Å². The summed E-state index contributed by atoms with van der Waals surface area (Å²) in [5, 5.41) is 21.4. The predicted octanol–water partition coefficient (Wildman–Crippen LogP) is 1.59. The van der Waals surface area contributed by atoms with Gasteiger partial charge in [-0.25, -0.2) is 0 Å². The Balaban J connectivity index is 1.72.